The Morgan fingerprint density at radius 3 is 2.65 bits per heavy atom. The lowest BCUT2D eigenvalue weighted by Gasteiger charge is -2.11. The predicted octanol–water partition coefficient (Wildman–Crippen LogP) is 3.98. The van der Waals surface area contributed by atoms with Crippen LogP contribution in [0.1, 0.15) is 12.5 Å². The molecule has 1 atom stereocenters. The van der Waals surface area contributed by atoms with Crippen molar-refractivity contribution in [1.82, 2.24) is 4.98 Å². The second-order valence-corrected chi connectivity index (χ2v) is 6.33. The lowest BCUT2D eigenvalue weighted by atomic mass is 10.1. The molecule has 0 aliphatic carbocycles. The number of nitrogens with two attached hydrogens (primary N) is 1. The summed E-state index contributed by atoms with van der Waals surface area (Å²) < 4.78 is 1.17. The van der Waals surface area contributed by atoms with E-state index in [-0.39, 0.29) is 18.3 Å². The smallest absolute Gasteiger partial charge is 0.241 e. The number of amides is 1. The molecule has 2 aromatic carbocycles. The molecule has 3 aromatic rings. The van der Waals surface area contributed by atoms with Crippen molar-refractivity contribution in [2.75, 3.05) is 5.32 Å². The Labute approximate surface area is 145 Å². The molecule has 1 amide bonds. The van der Waals surface area contributed by atoms with Crippen LogP contribution >= 0.6 is 23.7 Å². The number of nitrogens with zero attached hydrogens (tertiary/aromatic N) is 1. The van der Waals surface area contributed by atoms with Crippen molar-refractivity contribution in [3.05, 3.63) is 48.0 Å². The predicted molar refractivity (Wildman–Crippen MR) is 99.3 cm³/mol. The molecule has 4 nitrogen and oxygen atoms in total. The maximum Gasteiger partial charge on any atom is 0.241 e. The average molecular weight is 348 g/mol. The molecule has 3 rings (SSSR count). The van der Waals surface area contributed by atoms with Crippen LogP contribution < -0.4 is 11.1 Å². The third-order valence-corrected chi connectivity index (χ3v) is 4.52. The number of nitrogens with one attached hydrogen (secondary N) is 1. The van der Waals surface area contributed by atoms with Gasteiger partial charge in [0.2, 0.25) is 5.91 Å². The normalized spacial score (nSPS) is 11.8. The molecule has 0 saturated heterocycles. The Morgan fingerprint density at radius 2 is 2.00 bits per heavy atom. The van der Waals surface area contributed by atoms with Crippen molar-refractivity contribution in [2.24, 2.45) is 5.73 Å². The van der Waals surface area contributed by atoms with E-state index in [9.17, 15) is 4.79 Å². The Kier molecular flexibility index (Phi) is 5.36. The molecule has 23 heavy (non-hydrogen) atoms. The molecule has 0 aliphatic rings. The van der Waals surface area contributed by atoms with E-state index in [0.29, 0.717) is 0 Å². The number of hydrogen-bond donors (Lipinski definition) is 2. The van der Waals surface area contributed by atoms with E-state index in [4.69, 9.17) is 5.73 Å². The number of anilines is 1. The summed E-state index contributed by atoms with van der Waals surface area (Å²) in [4.78, 5) is 16.3. The fourth-order valence-electron chi connectivity index (χ4n) is 2.18. The van der Waals surface area contributed by atoms with Crippen LogP contribution in [0.2, 0.25) is 0 Å². The molecule has 0 bridgehead atoms. The van der Waals surface area contributed by atoms with Crippen LogP contribution in [0.25, 0.3) is 20.8 Å². The fraction of sp³-hybridized carbons (Fsp3) is 0.176. The van der Waals surface area contributed by atoms with Gasteiger partial charge in [-0.25, -0.2) is 4.98 Å². The quantitative estimate of drug-likeness (QED) is 0.753. The molecule has 0 unspecified atom stereocenters. The number of thiazole rings is 1. The summed E-state index contributed by atoms with van der Waals surface area (Å²) in [5.74, 6) is -0.184. The molecule has 0 radical (unpaired) electrons. The van der Waals surface area contributed by atoms with Crippen LogP contribution in [0.3, 0.4) is 0 Å². The minimum Gasteiger partial charge on any atom is -0.325 e. The zero-order chi connectivity index (χ0) is 15.7. The molecule has 0 spiro atoms. The number of halogens is 1. The van der Waals surface area contributed by atoms with Crippen LogP contribution in [-0.4, -0.2) is 16.9 Å². The molecule has 0 aliphatic heterocycles. The minimum absolute atomic E-state index is 0. The summed E-state index contributed by atoms with van der Waals surface area (Å²) in [6, 6.07) is 13.5. The third-order valence-electron chi connectivity index (χ3n) is 3.44. The highest BCUT2D eigenvalue weighted by atomic mass is 35.5. The van der Waals surface area contributed by atoms with E-state index >= 15 is 0 Å². The fourth-order valence-corrected chi connectivity index (χ4v) is 3.14. The first kappa shape index (κ1) is 17.4. The standard InChI is InChI=1S/C17H17N3OS.ClH/c1-10-9-12(7-8-13(10)19-16(21)11(2)18)17-20-14-5-3-4-6-15(14)22-17;/h3-9,11H,18H2,1-2H3,(H,19,21);1H/t11-;/m0./s1. The highest BCUT2D eigenvalue weighted by Gasteiger charge is 2.11. The minimum atomic E-state index is -0.525. The molecule has 1 aromatic heterocycles. The van der Waals surface area contributed by atoms with Crippen LogP contribution in [0.4, 0.5) is 5.69 Å². The first-order valence-corrected chi connectivity index (χ1v) is 7.89. The van der Waals surface area contributed by atoms with Gasteiger partial charge >= 0.3 is 0 Å². The van der Waals surface area contributed by atoms with E-state index < -0.39 is 6.04 Å². The van der Waals surface area contributed by atoms with Gasteiger partial charge in [-0.1, -0.05) is 12.1 Å². The lowest BCUT2D eigenvalue weighted by Crippen LogP contribution is -2.32. The van der Waals surface area contributed by atoms with Crippen molar-refractivity contribution in [3.8, 4) is 10.6 Å². The summed E-state index contributed by atoms with van der Waals surface area (Å²) in [5, 5.41) is 3.81. The van der Waals surface area contributed by atoms with Crippen molar-refractivity contribution in [2.45, 2.75) is 19.9 Å². The average Bonchev–Trinajstić information content (AvgIpc) is 2.93. The molecule has 0 fully saturated rings. The van der Waals surface area contributed by atoms with Crippen LogP contribution in [0, 0.1) is 6.92 Å². The number of para-hydroxylation sites is 1. The van der Waals surface area contributed by atoms with Crippen LogP contribution in [0.5, 0.6) is 0 Å². The van der Waals surface area contributed by atoms with Crippen molar-refractivity contribution in [3.63, 3.8) is 0 Å². The Hall–Kier alpha value is -1.95. The summed E-state index contributed by atoms with van der Waals surface area (Å²) in [7, 11) is 0. The molecule has 120 valence electrons. The van der Waals surface area contributed by atoms with Gasteiger partial charge in [0.05, 0.1) is 16.3 Å². The van der Waals surface area contributed by atoms with Crippen molar-refractivity contribution in [1.29, 1.82) is 0 Å². The van der Waals surface area contributed by atoms with Crippen LogP contribution in [-0.2, 0) is 4.79 Å². The SMILES string of the molecule is Cc1cc(-c2nc3ccccc3s2)ccc1NC(=O)[C@H](C)N.Cl. The number of carbonyl (C=O) groups is 1. The highest BCUT2D eigenvalue weighted by molar-refractivity contribution is 7.21. The van der Waals surface area contributed by atoms with Gasteiger partial charge in [-0.15, -0.1) is 23.7 Å². The second-order valence-electron chi connectivity index (χ2n) is 5.29. The summed E-state index contributed by atoms with van der Waals surface area (Å²) in [6.07, 6.45) is 0. The Morgan fingerprint density at radius 1 is 1.26 bits per heavy atom. The van der Waals surface area contributed by atoms with Crippen molar-refractivity contribution < 1.29 is 4.79 Å². The zero-order valence-electron chi connectivity index (χ0n) is 12.9. The molecule has 3 N–H and O–H groups in total. The van der Waals surface area contributed by atoms with Gasteiger partial charge in [0, 0.05) is 11.3 Å². The third kappa shape index (κ3) is 3.69. The highest BCUT2D eigenvalue weighted by Crippen LogP contribution is 2.31. The number of benzene rings is 2. The van der Waals surface area contributed by atoms with E-state index in [1.54, 1.807) is 18.3 Å². The number of rotatable bonds is 3. The first-order valence-electron chi connectivity index (χ1n) is 7.07. The number of hydrogen-bond acceptors (Lipinski definition) is 4. The molecule has 6 heteroatoms. The van der Waals surface area contributed by atoms with Crippen LogP contribution in [0.15, 0.2) is 42.5 Å². The molecular weight excluding hydrogens is 330 g/mol. The summed E-state index contributed by atoms with van der Waals surface area (Å²) >= 11 is 1.67. The van der Waals surface area contributed by atoms with Gasteiger partial charge in [0.15, 0.2) is 0 Å². The van der Waals surface area contributed by atoms with Gasteiger partial charge < -0.3 is 11.1 Å². The van der Waals surface area contributed by atoms with Gasteiger partial charge in [0.1, 0.15) is 5.01 Å². The van der Waals surface area contributed by atoms with Gasteiger partial charge in [-0.05, 0) is 49.7 Å². The molecule has 1 heterocycles. The number of aryl methyl sites for hydroxylation is 1. The number of fused-ring (bicyclic) bond motifs is 1. The topological polar surface area (TPSA) is 68.0 Å². The summed E-state index contributed by atoms with van der Waals surface area (Å²) in [6.45, 7) is 3.63. The van der Waals surface area contributed by atoms with E-state index in [1.165, 1.54) is 4.70 Å². The van der Waals surface area contributed by atoms with Crippen molar-refractivity contribution >= 4 is 45.6 Å². The van der Waals surface area contributed by atoms with E-state index in [2.05, 4.69) is 16.4 Å². The zero-order valence-corrected chi connectivity index (χ0v) is 14.5. The maximum absolute atomic E-state index is 11.7. The van der Waals surface area contributed by atoms with Gasteiger partial charge in [-0.3, -0.25) is 4.79 Å². The first-order chi connectivity index (χ1) is 10.5. The van der Waals surface area contributed by atoms with E-state index in [0.717, 1.165) is 27.3 Å². The Balaban J connectivity index is 0.00000192. The number of carbonyl (C=O) groups excluding carboxylic acids is 1. The number of aromatic nitrogens is 1. The van der Waals surface area contributed by atoms with Gasteiger partial charge in [-0.2, -0.15) is 0 Å². The summed E-state index contributed by atoms with van der Waals surface area (Å²) in [5.41, 5.74) is 9.42. The second kappa shape index (κ2) is 7.08. The van der Waals surface area contributed by atoms with E-state index in [1.807, 2.05) is 43.3 Å². The largest absolute Gasteiger partial charge is 0.325 e. The van der Waals surface area contributed by atoms with Gasteiger partial charge in [0.25, 0.3) is 0 Å². The molecule has 0 saturated carbocycles. The Bertz CT molecular complexity index is 812. The maximum atomic E-state index is 11.7. The monoisotopic (exact) mass is 347 g/mol. The molecular formula is C17H18ClN3OS. The lowest BCUT2D eigenvalue weighted by molar-refractivity contribution is -0.117.